The van der Waals surface area contributed by atoms with Crippen LogP contribution in [0, 0.1) is 5.82 Å². The van der Waals surface area contributed by atoms with E-state index >= 15 is 0 Å². The number of carbonyl (C=O) groups excluding carboxylic acids is 2. The van der Waals surface area contributed by atoms with Gasteiger partial charge in [0.05, 0.1) is 22.0 Å². The van der Waals surface area contributed by atoms with Crippen LogP contribution >= 0.6 is 23.2 Å². The molecule has 2 amide bonds. The van der Waals surface area contributed by atoms with Gasteiger partial charge in [-0.25, -0.2) is 12.8 Å². The summed E-state index contributed by atoms with van der Waals surface area (Å²) in [5.41, 5.74) is -0.383. The van der Waals surface area contributed by atoms with E-state index in [0.717, 1.165) is 15.5 Å². The van der Waals surface area contributed by atoms with Crippen molar-refractivity contribution in [2.45, 2.75) is 45.8 Å². The topological polar surface area (TPSA) is 86.8 Å². The van der Waals surface area contributed by atoms with Crippen LogP contribution in [0.15, 0.2) is 42.5 Å². The number of hydrogen-bond acceptors (Lipinski definition) is 4. The number of sulfonamides is 1. The second-order valence-electron chi connectivity index (χ2n) is 8.87. The molecule has 0 saturated carbocycles. The molecule has 7 nitrogen and oxygen atoms in total. The van der Waals surface area contributed by atoms with Gasteiger partial charge >= 0.3 is 0 Å². The van der Waals surface area contributed by atoms with Crippen molar-refractivity contribution < 1.29 is 22.4 Å². The summed E-state index contributed by atoms with van der Waals surface area (Å²) in [7, 11) is -3.97. The average Bonchev–Trinajstić information content (AvgIpc) is 2.71. The van der Waals surface area contributed by atoms with Crippen LogP contribution in [-0.2, 0) is 26.2 Å². The highest BCUT2D eigenvalue weighted by molar-refractivity contribution is 7.92. The third-order valence-corrected chi connectivity index (χ3v) is 6.78. The van der Waals surface area contributed by atoms with Crippen molar-refractivity contribution in [3.8, 4) is 0 Å². The standard InChI is InChI=1S/C23H28Cl2FN3O4S/c1-15(22(31)27-23(2,3)4)28(13-16-9-6-7-11-18(16)26)20(30)14-29(34(5,32)33)19-12-8-10-17(24)21(19)25/h6-12,15H,13-14H2,1-5H3,(H,27,31)/t15-/m0/s1. The van der Waals surface area contributed by atoms with E-state index in [2.05, 4.69) is 5.32 Å². The van der Waals surface area contributed by atoms with E-state index in [1.807, 2.05) is 0 Å². The molecule has 2 aromatic carbocycles. The largest absolute Gasteiger partial charge is 0.350 e. The van der Waals surface area contributed by atoms with Crippen molar-refractivity contribution in [2.75, 3.05) is 17.1 Å². The van der Waals surface area contributed by atoms with Gasteiger partial charge in [0.2, 0.25) is 21.8 Å². The monoisotopic (exact) mass is 531 g/mol. The number of rotatable bonds is 8. The van der Waals surface area contributed by atoms with Crippen LogP contribution in [0.3, 0.4) is 0 Å². The number of benzene rings is 2. The van der Waals surface area contributed by atoms with E-state index < -0.39 is 45.8 Å². The first-order chi connectivity index (χ1) is 15.6. The van der Waals surface area contributed by atoms with Crippen molar-refractivity contribution in [2.24, 2.45) is 0 Å². The smallest absolute Gasteiger partial charge is 0.244 e. The van der Waals surface area contributed by atoms with Gasteiger partial charge < -0.3 is 10.2 Å². The maximum absolute atomic E-state index is 14.4. The fourth-order valence-corrected chi connectivity index (χ4v) is 4.45. The molecule has 0 fully saturated rings. The van der Waals surface area contributed by atoms with E-state index in [4.69, 9.17) is 23.2 Å². The fraction of sp³-hybridized carbons (Fsp3) is 0.391. The van der Waals surface area contributed by atoms with Gasteiger partial charge in [0.1, 0.15) is 18.4 Å². The summed E-state index contributed by atoms with van der Waals surface area (Å²) < 4.78 is 40.3. The van der Waals surface area contributed by atoms with Gasteiger partial charge in [-0.2, -0.15) is 0 Å². The minimum atomic E-state index is -3.97. The van der Waals surface area contributed by atoms with Gasteiger partial charge in [-0.1, -0.05) is 47.5 Å². The molecule has 2 aromatic rings. The summed E-state index contributed by atoms with van der Waals surface area (Å²) in [4.78, 5) is 27.4. The first-order valence-corrected chi connectivity index (χ1v) is 13.0. The Morgan fingerprint density at radius 2 is 1.71 bits per heavy atom. The summed E-state index contributed by atoms with van der Waals surface area (Å²) in [5, 5.41) is 2.86. The molecule has 0 unspecified atom stereocenters. The molecule has 1 N–H and O–H groups in total. The number of halogens is 3. The molecule has 0 aliphatic heterocycles. The molecular formula is C23H28Cl2FN3O4S. The third-order valence-electron chi connectivity index (χ3n) is 4.84. The minimum Gasteiger partial charge on any atom is -0.350 e. The molecule has 0 aromatic heterocycles. The number of carbonyl (C=O) groups is 2. The van der Waals surface area contributed by atoms with Crippen molar-refractivity contribution >= 4 is 50.7 Å². The van der Waals surface area contributed by atoms with Crippen LogP contribution < -0.4 is 9.62 Å². The molecule has 11 heteroatoms. The Morgan fingerprint density at radius 1 is 1.09 bits per heavy atom. The van der Waals surface area contributed by atoms with Crippen molar-refractivity contribution in [3.63, 3.8) is 0 Å². The van der Waals surface area contributed by atoms with Crippen molar-refractivity contribution in [3.05, 3.63) is 63.9 Å². The lowest BCUT2D eigenvalue weighted by atomic mass is 10.1. The van der Waals surface area contributed by atoms with Crippen LogP contribution in [-0.4, -0.2) is 49.5 Å². The summed E-state index contributed by atoms with van der Waals surface area (Å²) in [5.74, 6) is -1.74. The predicted molar refractivity (Wildman–Crippen MR) is 133 cm³/mol. The van der Waals surface area contributed by atoms with Crippen LogP contribution in [0.2, 0.25) is 10.0 Å². The highest BCUT2D eigenvalue weighted by Gasteiger charge is 2.32. The number of anilines is 1. The minimum absolute atomic E-state index is 0.0163. The molecule has 0 radical (unpaired) electrons. The quantitative estimate of drug-likeness (QED) is 0.552. The highest BCUT2D eigenvalue weighted by atomic mass is 35.5. The number of nitrogens with zero attached hydrogens (tertiary/aromatic N) is 2. The average molecular weight is 532 g/mol. The van der Waals surface area contributed by atoms with Crippen LogP contribution in [0.5, 0.6) is 0 Å². The number of nitrogens with one attached hydrogen (secondary N) is 1. The Balaban J connectivity index is 2.47. The molecule has 2 rings (SSSR count). The Kier molecular flexibility index (Phi) is 8.96. The zero-order valence-electron chi connectivity index (χ0n) is 19.6. The molecule has 1 atom stereocenters. The summed E-state index contributed by atoms with van der Waals surface area (Å²) in [6.07, 6.45) is 0.925. The number of amides is 2. The zero-order chi connectivity index (χ0) is 25.8. The molecule has 34 heavy (non-hydrogen) atoms. The lowest BCUT2D eigenvalue weighted by Crippen LogP contribution is -2.54. The van der Waals surface area contributed by atoms with E-state index in [0.29, 0.717) is 0 Å². The predicted octanol–water partition coefficient (Wildman–Crippen LogP) is 4.23. The Hall–Kier alpha value is -2.36. The van der Waals surface area contributed by atoms with Gasteiger partial charge in [-0.05, 0) is 45.9 Å². The van der Waals surface area contributed by atoms with Crippen LogP contribution in [0.4, 0.5) is 10.1 Å². The maximum atomic E-state index is 14.4. The Morgan fingerprint density at radius 3 is 2.26 bits per heavy atom. The summed E-state index contributed by atoms with van der Waals surface area (Å²) in [6, 6.07) is 9.23. The maximum Gasteiger partial charge on any atom is 0.244 e. The second-order valence-corrected chi connectivity index (χ2v) is 11.6. The van der Waals surface area contributed by atoms with Gasteiger partial charge in [-0.3, -0.25) is 13.9 Å². The van der Waals surface area contributed by atoms with E-state index in [-0.39, 0.29) is 27.8 Å². The van der Waals surface area contributed by atoms with Gasteiger partial charge in [0.25, 0.3) is 0 Å². The summed E-state index contributed by atoms with van der Waals surface area (Å²) >= 11 is 12.3. The SMILES string of the molecule is C[C@@H](C(=O)NC(C)(C)C)N(Cc1ccccc1F)C(=O)CN(c1cccc(Cl)c1Cl)S(C)(=O)=O. The van der Waals surface area contributed by atoms with Gasteiger partial charge in [0.15, 0.2) is 0 Å². The Labute approximate surface area is 209 Å². The van der Waals surface area contributed by atoms with Crippen molar-refractivity contribution in [1.29, 1.82) is 0 Å². The Bertz CT molecular complexity index is 1170. The normalized spacial score (nSPS) is 12.7. The molecule has 0 spiro atoms. The zero-order valence-corrected chi connectivity index (χ0v) is 21.9. The molecule has 0 aliphatic rings. The third kappa shape index (κ3) is 7.32. The fourth-order valence-electron chi connectivity index (χ4n) is 3.15. The van der Waals surface area contributed by atoms with Crippen LogP contribution in [0.1, 0.15) is 33.3 Å². The summed E-state index contributed by atoms with van der Waals surface area (Å²) in [6.45, 7) is 5.94. The molecule has 186 valence electrons. The highest BCUT2D eigenvalue weighted by Crippen LogP contribution is 2.33. The first kappa shape index (κ1) is 27.9. The van der Waals surface area contributed by atoms with E-state index in [9.17, 15) is 22.4 Å². The molecule has 0 bridgehead atoms. The molecule has 0 saturated heterocycles. The lowest BCUT2D eigenvalue weighted by molar-refractivity contribution is -0.140. The van der Waals surface area contributed by atoms with Crippen LogP contribution in [0.25, 0.3) is 0 Å². The molecular weight excluding hydrogens is 504 g/mol. The van der Waals surface area contributed by atoms with Gasteiger partial charge in [-0.15, -0.1) is 0 Å². The van der Waals surface area contributed by atoms with E-state index in [1.54, 1.807) is 26.8 Å². The molecule has 0 heterocycles. The van der Waals surface area contributed by atoms with Crippen molar-refractivity contribution in [1.82, 2.24) is 10.2 Å². The number of hydrogen-bond donors (Lipinski definition) is 1. The van der Waals surface area contributed by atoms with Gasteiger partial charge in [0, 0.05) is 17.6 Å². The molecule has 0 aliphatic carbocycles. The van der Waals surface area contributed by atoms with E-state index in [1.165, 1.54) is 43.3 Å². The second kappa shape index (κ2) is 10.9. The lowest BCUT2D eigenvalue weighted by Gasteiger charge is -2.33. The first-order valence-electron chi connectivity index (χ1n) is 10.4.